The Kier molecular flexibility index (Phi) is 3.07. The van der Waals surface area contributed by atoms with E-state index in [2.05, 4.69) is 38.9 Å². The van der Waals surface area contributed by atoms with Crippen molar-refractivity contribution in [3.05, 3.63) is 11.1 Å². The van der Waals surface area contributed by atoms with Crippen molar-refractivity contribution < 1.29 is 0 Å². The first-order valence-electron chi connectivity index (χ1n) is 4.88. The highest BCUT2D eigenvalue weighted by molar-refractivity contribution is 5.81. The van der Waals surface area contributed by atoms with Gasteiger partial charge in [-0.2, -0.15) is 0 Å². The van der Waals surface area contributed by atoms with Gasteiger partial charge in [0.25, 0.3) is 0 Å². The van der Waals surface area contributed by atoms with Crippen LogP contribution in [0.15, 0.2) is 16.1 Å². The van der Waals surface area contributed by atoms with Crippen molar-refractivity contribution in [2.24, 2.45) is 10.9 Å². The summed E-state index contributed by atoms with van der Waals surface area (Å²) in [6.07, 6.45) is 4.45. The number of hydrogen-bond acceptors (Lipinski definition) is 1. The average Bonchev–Trinajstić information content (AvgIpc) is 2.03. The van der Waals surface area contributed by atoms with Gasteiger partial charge in [0.2, 0.25) is 0 Å². The van der Waals surface area contributed by atoms with Crippen LogP contribution in [0.5, 0.6) is 0 Å². The summed E-state index contributed by atoms with van der Waals surface area (Å²) in [7, 11) is 0. The summed E-state index contributed by atoms with van der Waals surface area (Å²) in [5.74, 6) is 0.682. The van der Waals surface area contributed by atoms with Crippen LogP contribution >= 0.6 is 0 Å². The molecule has 1 heterocycles. The molecule has 1 rings (SSSR count). The second-order valence-corrected chi connectivity index (χ2v) is 3.88. The first-order chi connectivity index (χ1) is 5.65. The van der Waals surface area contributed by atoms with Crippen molar-refractivity contribution in [2.75, 3.05) is 0 Å². The van der Waals surface area contributed by atoms with Crippen molar-refractivity contribution in [3.63, 3.8) is 0 Å². The summed E-state index contributed by atoms with van der Waals surface area (Å²) in [5, 5.41) is 0. The van der Waals surface area contributed by atoms with Crippen molar-refractivity contribution in [1.82, 2.24) is 0 Å². The zero-order chi connectivity index (χ0) is 9.14. The van der Waals surface area contributed by atoms with Gasteiger partial charge in [0.05, 0.1) is 6.04 Å². The van der Waals surface area contributed by atoms with Crippen LogP contribution in [0.2, 0.25) is 0 Å². The molecule has 0 fully saturated rings. The fourth-order valence-electron chi connectivity index (χ4n) is 1.70. The van der Waals surface area contributed by atoms with E-state index >= 15 is 0 Å². The Morgan fingerprint density at radius 1 is 1.67 bits per heavy atom. The Morgan fingerprint density at radius 3 is 2.83 bits per heavy atom. The molecular formula is C11H19N. The van der Waals surface area contributed by atoms with Gasteiger partial charge in [0.1, 0.15) is 0 Å². The molecule has 1 heteroatoms. The van der Waals surface area contributed by atoms with E-state index in [1.54, 1.807) is 0 Å². The Balaban J connectivity index is 2.77. The standard InChI is InChI=1S/C11H19N/c1-5-8(2)11-7-12-10(4)6-9(11)3/h7-8,10H,5-6H2,1-4H3/t8-,10-/m1/s1. The van der Waals surface area contributed by atoms with Crippen LogP contribution in [0, 0.1) is 5.92 Å². The third-order valence-electron chi connectivity index (χ3n) is 2.71. The number of hydrogen-bond donors (Lipinski definition) is 0. The molecule has 0 amide bonds. The van der Waals surface area contributed by atoms with Gasteiger partial charge >= 0.3 is 0 Å². The molecular weight excluding hydrogens is 146 g/mol. The second-order valence-electron chi connectivity index (χ2n) is 3.88. The molecule has 0 saturated carbocycles. The molecule has 0 spiro atoms. The number of nitrogens with zero attached hydrogens (tertiary/aromatic N) is 1. The van der Waals surface area contributed by atoms with Gasteiger partial charge in [0.15, 0.2) is 0 Å². The molecule has 68 valence electrons. The van der Waals surface area contributed by atoms with Crippen LogP contribution < -0.4 is 0 Å². The minimum atomic E-state index is 0.498. The molecule has 0 aliphatic carbocycles. The SMILES string of the molecule is CC[C@@H](C)C1=C(C)C[C@@H](C)N=C1. The number of allylic oxidation sites excluding steroid dienone is 1. The predicted molar refractivity (Wildman–Crippen MR) is 54.7 cm³/mol. The van der Waals surface area contributed by atoms with E-state index in [-0.39, 0.29) is 0 Å². The maximum absolute atomic E-state index is 4.45. The minimum absolute atomic E-state index is 0.498. The monoisotopic (exact) mass is 165 g/mol. The van der Waals surface area contributed by atoms with Crippen molar-refractivity contribution in [2.45, 2.75) is 46.6 Å². The zero-order valence-corrected chi connectivity index (χ0v) is 8.59. The van der Waals surface area contributed by atoms with Crippen LogP contribution in [0.1, 0.15) is 40.5 Å². The minimum Gasteiger partial charge on any atom is -0.290 e. The van der Waals surface area contributed by atoms with Gasteiger partial charge in [0, 0.05) is 6.21 Å². The number of rotatable bonds is 2. The molecule has 0 bridgehead atoms. The highest BCUT2D eigenvalue weighted by Gasteiger charge is 2.14. The second kappa shape index (κ2) is 3.88. The fraction of sp³-hybridized carbons (Fsp3) is 0.727. The smallest absolute Gasteiger partial charge is 0.0508 e. The Bertz CT molecular complexity index is 213. The Morgan fingerprint density at radius 2 is 2.33 bits per heavy atom. The molecule has 0 aromatic heterocycles. The zero-order valence-electron chi connectivity index (χ0n) is 8.59. The lowest BCUT2D eigenvalue weighted by Crippen LogP contribution is -2.12. The normalized spacial score (nSPS) is 26.2. The first-order valence-corrected chi connectivity index (χ1v) is 4.88. The molecule has 0 radical (unpaired) electrons. The van der Waals surface area contributed by atoms with Gasteiger partial charge in [-0.3, -0.25) is 4.99 Å². The van der Waals surface area contributed by atoms with Gasteiger partial charge in [-0.15, -0.1) is 0 Å². The highest BCUT2D eigenvalue weighted by Crippen LogP contribution is 2.23. The molecule has 2 atom stereocenters. The van der Waals surface area contributed by atoms with Crippen LogP contribution in [0.3, 0.4) is 0 Å². The molecule has 1 nitrogen and oxygen atoms in total. The molecule has 0 aromatic rings. The van der Waals surface area contributed by atoms with E-state index < -0.39 is 0 Å². The van der Waals surface area contributed by atoms with Crippen LogP contribution in [-0.4, -0.2) is 12.3 Å². The van der Waals surface area contributed by atoms with E-state index in [0.717, 1.165) is 6.42 Å². The lowest BCUT2D eigenvalue weighted by atomic mass is 9.90. The van der Waals surface area contributed by atoms with Crippen LogP contribution in [-0.2, 0) is 0 Å². The van der Waals surface area contributed by atoms with E-state index in [9.17, 15) is 0 Å². The summed E-state index contributed by atoms with van der Waals surface area (Å²) < 4.78 is 0. The summed E-state index contributed by atoms with van der Waals surface area (Å²) in [6, 6.07) is 0.498. The van der Waals surface area contributed by atoms with Crippen LogP contribution in [0.4, 0.5) is 0 Å². The van der Waals surface area contributed by atoms with E-state index in [4.69, 9.17) is 0 Å². The lowest BCUT2D eigenvalue weighted by Gasteiger charge is -2.20. The third-order valence-corrected chi connectivity index (χ3v) is 2.71. The van der Waals surface area contributed by atoms with Gasteiger partial charge in [-0.05, 0) is 38.2 Å². The summed E-state index contributed by atoms with van der Waals surface area (Å²) in [6.45, 7) is 8.92. The maximum Gasteiger partial charge on any atom is 0.0508 e. The average molecular weight is 165 g/mol. The lowest BCUT2D eigenvalue weighted by molar-refractivity contribution is 0.641. The van der Waals surface area contributed by atoms with Crippen molar-refractivity contribution in [3.8, 4) is 0 Å². The third kappa shape index (κ3) is 1.96. The largest absolute Gasteiger partial charge is 0.290 e. The fourth-order valence-corrected chi connectivity index (χ4v) is 1.70. The highest BCUT2D eigenvalue weighted by atomic mass is 14.8. The summed E-state index contributed by atoms with van der Waals surface area (Å²) in [5.41, 5.74) is 3.00. The van der Waals surface area contributed by atoms with Gasteiger partial charge < -0.3 is 0 Å². The van der Waals surface area contributed by atoms with Crippen molar-refractivity contribution >= 4 is 6.21 Å². The molecule has 0 aromatic carbocycles. The topological polar surface area (TPSA) is 12.4 Å². The Labute approximate surface area is 75.6 Å². The molecule has 0 saturated heterocycles. The first kappa shape index (κ1) is 9.50. The van der Waals surface area contributed by atoms with E-state index in [1.165, 1.54) is 17.6 Å². The van der Waals surface area contributed by atoms with Crippen molar-refractivity contribution in [1.29, 1.82) is 0 Å². The van der Waals surface area contributed by atoms with Gasteiger partial charge in [-0.25, -0.2) is 0 Å². The summed E-state index contributed by atoms with van der Waals surface area (Å²) in [4.78, 5) is 4.45. The number of aliphatic imine (C=N–C) groups is 1. The molecule has 0 N–H and O–H groups in total. The number of dihydropyridines is 1. The van der Waals surface area contributed by atoms with E-state index in [1.807, 2.05) is 0 Å². The molecule has 12 heavy (non-hydrogen) atoms. The predicted octanol–water partition coefficient (Wildman–Crippen LogP) is 3.21. The molecule has 1 aliphatic rings. The quantitative estimate of drug-likeness (QED) is 0.595. The summed E-state index contributed by atoms with van der Waals surface area (Å²) >= 11 is 0. The molecule has 0 unspecified atom stereocenters. The molecule has 1 aliphatic heterocycles. The maximum atomic E-state index is 4.45. The van der Waals surface area contributed by atoms with E-state index in [0.29, 0.717) is 12.0 Å². The van der Waals surface area contributed by atoms with Gasteiger partial charge in [-0.1, -0.05) is 19.4 Å². The Hall–Kier alpha value is -0.590. The van der Waals surface area contributed by atoms with Crippen LogP contribution in [0.25, 0.3) is 0 Å².